The van der Waals surface area contributed by atoms with Crippen molar-refractivity contribution < 1.29 is 9.84 Å². The Morgan fingerprint density at radius 1 is 1.15 bits per heavy atom. The fourth-order valence-electron chi connectivity index (χ4n) is 4.00. The quantitative estimate of drug-likeness (QED) is 0.780. The van der Waals surface area contributed by atoms with Crippen molar-refractivity contribution in [2.24, 2.45) is 0 Å². The maximum atomic E-state index is 10.9. The summed E-state index contributed by atoms with van der Waals surface area (Å²) in [5.41, 5.74) is 6.21. The molecule has 136 valence electrons. The molecule has 0 bridgehead atoms. The lowest BCUT2D eigenvalue weighted by Gasteiger charge is -2.25. The highest BCUT2D eigenvalue weighted by Crippen LogP contribution is 2.33. The van der Waals surface area contributed by atoms with E-state index < -0.39 is 6.10 Å². The molecule has 2 heterocycles. The van der Waals surface area contributed by atoms with Gasteiger partial charge in [-0.3, -0.25) is 0 Å². The summed E-state index contributed by atoms with van der Waals surface area (Å²) in [7, 11) is 3.82. The molecule has 4 nitrogen and oxygen atoms in total. The van der Waals surface area contributed by atoms with Gasteiger partial charge in [0.25, 0.3) is 0 Å². The number of methoxy groups -OCH3 is 1. The molecule has 1 N–H and O–H groups in total. The summed E-state index contributed by atoms with van der Waals surface area (Å²) in [6.07, 6.45) is 0.520. The van der Waals surface area contributed by atoms with Gasteiger partial charge in [0, 0.05) is 29.7 Å². The Hall–Kier alpha value is -2.30. The molecule has 0 saturated heterocycles. The number of hydrogen-bond acceptors (Lipinski definition) is 3. The number of rotatable bonds is 4. The molecule has 1 atom stereocenters. The molecule has 3 aromatic rings. The molecule has 4 rings (SSSR count). The van der Waals surface area contributed by atoms with Crippen LogP contribution in [0.5, 0.6) is 5.75 Å². The van der Waals surface area contributed by atoms with Crippen molar-refractivity contribution in [3.63, 3.8) is 0 Å². The molecule has 1 aliphatic rings. The average Bonchev–Trinajstić information content (AvgIpc) is 2.94. The summed E-state index contributed by atoms with van der Waals surface area (Å²) in [5, 5.41) is 12.2. The first-order valence-electron chi connectivity index (χ1n) is 9.18. The van der Waals surface area contributed by atoms with Gasteiger partial charge >= 0.3 is 0 Å². The number of hydrogen-bond donors (Lipinski definition) is 1. The first-order valence-corrected chi connectivity index (χ1v) is 9.18. The van der Waals surface area contributed by atoms with E-state index in [1.807, 2.05) is 24.3 Å². The van der Waals surface area contributed by atoms with Gasteiger partial charge in [0.2, 0.25) is 0 Å². The summed E-state index contributed by atoms with van der Waals surface area (Å²) >= 11 is 0. The van der Waals surface area contributed by atoms with Crippen molar-refractivity contribution in [3.05, 3.63) is 64.8 Å². The van der Waals surface area contributed by atoms with E-state index in [4.69, 9.17) is 4.74 Å². The van der Waals surface area contributed by atoms with Gasteiger partial charge in [-0.15, -0.1) is 0 Å². The first-order chi connectivity index (χ1) is 12.6. The second kappa shape index (κ2) is 6.78. The van der Waals surface area contributed by atoms with Crippen molar-refractivity contribution in [3.8, 4) is 5.75 Å². The third-order valence-electron chi connectivity index (χ3n) is 5.46. The minimum absolute atomic E-state index is 0.547. The van der Waals surface area contributed by atoms with Crippen LogP contribution in [0.2, 0.25) is 0 Å². The predicted octanol–water partition coefficient (Wildman–Crippen LogP) is 3.68. The van der Waals surface area contributed by atoms with Crippen LogP contribution >= 0.6 is 0 Å². The zero-order valence-corrected chi connectivity index (χ0v) is 15.7. The molecular weight excluding hydrogens is 324 g/mol. The Bertz CT molecular complexity index is 927. The zero-order chi connectivity index (χ0) is 18.3. The number of ether oxygens (including phenoxy) is 1. The van der Waals surface area contributed by atoms with E-state index >= 15 is 0 Å². The molecule has 0 aliphatic carbocycles. The monoisotopic (exact) mass is 350 g/mol. The number of nitrogens with zero attached hydrogens (tertiary/aromatic N) is 2. The van der Waals surface area contributed by atoms with Crippen LogP contribution in [-0.4, -0.2) is 35.3 Å². The highest BCUT2D eigenvalue weighted by molar-refractivity contribution is 5.86. The van der Waals surface area contributed by atoms with Crippen molar-refractivity contribution in [2.45, 2.75) is 32.5 Å². The Morgan fingerprint density at radius 2 is 1.92 bits per heavy atom. The molecule has 4 heteroatoms. The number of benzene rings is 2. The maximum Gasteiger partial charge on any atom is 0.118 e. The van der Waals surface area contributed by atoms with E-state index in [-0.39, 0.29) is 0 Å². The van der Waals surface area contributed by atoms with Gasteiger partial charge in [-0.05, 0) is 55.8 Å². The van der Waals surface area contributed by atoms with E-state index in [9.17, 15) is 5.11 Å². The van der Waals surface area contributed by atoms with Crippen LogP contribution in [0.3, 0.4) is 0 Å². The molecule has 0 spiro atoms. The van der Waals surface area contributed by atoms with Crippen LogP contribution in [0, 0.1) is 6.92 Å². The Labute approximate surface area is 154 Å². The van der Waals surface area contributed by atoms with Gasteiger partial charge in [0.1, 0.15) is 5.75 Å². The van der Waals surface area contributed by atoms with Crippen molar-refractivity contribution in [1.29, 1.82) is 0 Å². The highest BCUT2D eigenvalue weighted by atomic mass is 16.5. The minimum Gasteiger partial charge on any atom is -0.497 e. The maximum absolute atomic E-state index is 10.9. The van der Waals surface area contributed by atoms with Gasteiger partial charge in [-0.1, -0.05) is 23.8 Å². The number of fused-ring (bicyclic) bond motifs is 3. The van der Waals surface area contributed by atoms with Crippen LogP contribution in [0.25, 0.3) is 10.9 Å². The Kier molecular flexibility index (Phi) is 4.47. The molecule has 0 saturated carbocycles. The number of likely N-dealkylation sites (N-methyl/N-ethyl adjacent to an activating group) is 1. The lowest BCUT2D eigenvalue weighted by Crippen LogP contribution is -2.28. The Morgan fingerprint density at radius 3 is 2.65 bits per heavy atom. The first kappa shape index (κ1) is 17.1. The summed E-state index contributed by atoms with van der Waals surface area (Å²) in [6, 6.07) is 14.3. The summed E-state index contributed by atoms with van der Waals surface area (Å²) in [4.78, 5) is 2.35. The molecule has 1 aliphatic heterocycles. The van der Waals surface area contributed by atoms with E-state index in [2.05, 4.69) is 41.6 Å². The number of aromatic nitrogens is 1. The van der Waals surface area contributed by atoms with Gasteiger partial charge in [-0.2, -0.15) is 0 Å². The molecule has 1 unspecified atom stereocenters. The summed E-state index contributed by atoms with van der Waals surface area (Å²) in [5.74, 6) is 0.807. The molecule has 0 radical (unpaired) electrons. The summed E-state index contributed by atoms with van der Waals surface area (Å²) in [6.45, 7) is 4.72. The largest absolute Gasteiger partial charge is 0.497 e. The van der Waals surface area contributed by atoms with E-state index in [1.165, 1.54) is 27.7 Å². The molecule has 2 aromatic carbocycles. The van der Waals surface area contributed by atoms with Crippen molar-refractivity contribution in [2.75, 3.05) is 20.7 Å². The van der Waals surface area contributed by atoms with Crippen molar-refractivity contribution in [1.82, 2.24) is 9.47 Å². The van der Waals surface area contributed by atoms with Gasteiger partial charge < -0.3 is 19.3 Å². The van der Waals surface area contributed by atoms with E-state index in [1.54, 1.807) is 7.11 Å². The van der Waals surface area contributed by atoms with Crippen LogP contribution in [0.4, 0.5) is 0 Å². The topological polar surface area (TPSA) is 37.6 Å². The molecule has 0 fully saturated rings. The third-order valence-corrected chi connectivity index (χ3v) is 5.46. The second-order valence-corrected chi connectivity index (χ2v) is 7.33. The molecule has 1 aromatic heterocycles. The van der Waals surface area contributed by atoms with Crippen LogP contribution in [0.15, 0.2) is 42.5 Å². The molecular formula is C22H26N2O2. The fourth-order valence-corrected chi connectivity index (χ4v) is 4.00. The smallest absolute Gasteiger partial charge is 0.118 e. The lowest BCUT2D eigenvalue weighted by molar-refractivity contribution is 0.155. The minimum atomic E-state index is -0.547. The lowest BCUT2D eigenvalue weighted by atomic mass is 10.0. The van der Waals surface area contributed by atoms with Gasteiger partial charge in [0.05, 0.1) is 19.8 Å². The number of aryl methyl sites for hydroxylation is 1. The van der Waals surface area contributed by atoms with Crippen LogP contribution < -0.4 is 4.74 Å². The highest BCUT2D eigenvalue weighted by Gasteiger charge is 2.23. The van der Waals surface area contributed by atoms with Crippen LogP contribution in [0.1, 0.15) is 28.5 Å². The van der Waals surface area contributed by atoms with E-state index in [0.717, 1.165) is 30.8 Å². The average molecular weight is 350 g/mol. The molecule has 26 heavy (non-hydrogen) atoms. The standard InChI is InChI=1S/C22H26N2O2/c1-15-4-9-20-19(12-15)18-10-11-23(2)13-21(18)24(20)14-22(25)16-5-7-17(26-3)8-6-16/h4-9,12,22,25H,10-11,13-14H2,1-3H3. The van der Waals surface area contributed by atoms with E-state index in [0.29, 0.717) is 6.54 Å². The van der Waals surface area contributed by atoms with Gasteiger partial charge in [0.15, 0.2) is 0 Å². The SMILES string of the molecule is COc1ccc(C(O)Cn2c3c(c4cc(C)ccc42)CCN(C)C3)cc1. The molecule has 0 amide bonds. The van der Waals surface area contributed by atoms with Crippen LogP contribution in [-0.2, 0) is 19.5 Å². The third kappa shape index (κ3) is 3.00. The normalized spacial score (nSPS) is 15.8. The van der Waals surface area contributed by atoms with Crippen molar-refractivity contribution >= 4 is 10.9 Å². The number of aliphatic hydroxyl groups excluding tert-OH is 1. The zero-order valence-electron chi connectivity index (χ0n) is 15.7. The predicted molar refractivity (Wildman–Crippen MR) is 105 cm³/mol. The Balaban J connectivity index is 1.74. The summed E-state index contributed by atoms with van der Waals surface area (Å²) < 4.78 is 7.53. The number of aliphatic hydroxyl groups is 1. The van der Waals surface area contributed by atoms with Gasteiger partial charge in [-0.25, -0.2) is 0 Å². The fraction of sp³-hybridized carbons (Fsp3) is 0.364. The second-order valence-electron chi connectivity index (χ2n) is 7.33.